The van der Waals surface area contributed by atoms with Gasteiger partial charge >= 0.3 is 8.80 Å². The lowest BCUT2D eigenvalue weighted by atomic mass is 11.8. The summed E-state index contributed by atoms with van der Waals surface area (Å²) >= 11 is 0. The van der Waals surface area contributed by atoms with Gasteiger partial charge in [-0.2, -0.15) is 0 Å². The Labute approximate surface area is 74.9 Å². The first kappa shape index (κ1) is 12.3. The standard InChI is InChI=1S/C6H17O4PSi/c1-8-12(9-2,10-3)6-11(4,5)7/h6H2,1-5H3. The maximum atomic E-state index is 11.5. The van der Waals surface area contributed by atoms with Crippen molar-refractivity contribution in [3.8, 4) is 0 Å². The molecule has 0 aromatic rings. The Balaban J connectivity index is 4.41. The van der Waals surface area contributed by atoms with E-state index in [2.05, 4.69) is 0 Å². The van der Waals surface area contributed by atoms with Crippen LogP contribution in [0.2, 0.25) is 0 Å². The van der Waals surface area contributed by atoms with Gasteiger partial charge in [0.2, 0.25) is 0 Å². The van der Waals surface area contributed by atoms with E-state index in [1.807, 2.05) is 0 Å². The molecule has 0 atom stereocenters. The van der Waals surface area contributed by atoms with Crippen molar-refractivity contribution in [2.45, 2.75) is 0 Å². The third-order valence-corrected chi connectivity index (χ3v) is 7.97. The molecule has 0 aliphatic rings. The van der Waals surface area contributed by atoms with Gasteiger partial charge in [0.1, 0.15) is 0 Å². The Morgan fingerprint density at radius 1 is 1.08 bits per heavy atom. The Hall–Kier alpha value is 0.327. The van der Waals surface area contributed by atoms with Gasteiger partial charge < -0.3 is 17.8 Å². The fraction of sp³-hybridized carbons (Fsp3) is 1.00. The van der Waals surface area contributed by atoms with E-state index < -0.39 is 15.9 Å². The minimum absolute atomic E-state index is 0.392. The van der Waals surface area contributed by atoms with Crippen molar-refractivity contribution >= 4 is 15.9 Å². The van der Waals surface area contributed by atoms with Crippen LogP contribution in [0.5, 0.6) is 0 Å². The van der Waals surface area contributed by atoms with Crippen LogP contribution < -0.4 is 0 Å². The molecule has 0 rings (SSSR count). The molecule has 0 amide bonds. The van der Waals surface area contributed by atoms with Gasteiger partial charge in [-0.1, -0.05) is 0 Å². The van der Waals surface area contributed by atoms with Gasteiger partial charge in [-0.3, -0.25) is 0 Å². The highest BCUT2D eigenvalue weighted by Crippen LogP contribution is 2.39. The molecule has 74 valence electrons. The Morgan fingerprint density at radius 3 is 1.50 bits per heavy atom. The second-order valence-corrected chi connectivity index (χ2v) is 10.0. The van der Waals surface area contributed by atoms with Crippen molar-refractivity contribution in [1.29, 1.82) is 0 Å². The first-order valence-electron chi connectivity index (χ1n) is 3.58. The molecule has 12 heavy (non-hydrogen) atoms. The zero-order valence-corrected chi connectivity index (χ0v) is 10.2. The summed E-state index contributed by atoms with van der Waals surface area (Å²) in [5.41, 5.74) is 0. The van der Waals surface area contributed by atoms with Crippen LogP contribution in [0.15, 0.2) is 0 Å². The fourth-order valence-electron chi connectivity index (χ4n) is 0.910. The molecule has 0 unspecified atom stereocenters. The second kappa shape index (κ2) is 4.53. The third-order valence-electron chi connectivity index (χ3n) is 1.51. The highest BCUT2D eigenvalue weighted by molar-refractivity contribution is 7.64. The molecule has 4 nitrogen and oxygen atoms in total. The SMILES string of the molecule is CO[Si](CP(C)(C)=O)(OC)OC. The van der Waals surface area contributed by atoms with Crippen LogP contribution in [-0.4, -0.2) is 49.2 Å². The van der Waals surface area contributed by atoms with Crippen molar-refractivity contribution in [2.24, 2.45) is 0 Å². The molecule has 0 fully saturated rings. The predicted octanol–water partition coefficient (Wildman–Crippen LogP) is 1.03. The van der Waals surface area contributed by atoms with E-state index in [4.69, 9.17) is 13.3 Å². The highest BCUT2D eigenvalue weighted by atomic mass is 31.2. The quantitative estimate of drug-likeness (QED) is 0.504. The normalized spacial score (nSPS) is 13.4. The number of rotatable bonds is 5. The molecule has 0 heterocycles. The van der Waals surface area contributed by atoms with Crippen LogP contribution >= 0.6 is 7.14 Å². The van der Waals surface area contributed by atoms with Gasteiger partial charge in [0.05, 0.1) is 12.9 Å². The van der Waals surface area contributed by atoms with Gasteiger partial charge in [-0.15, -0.1) is 0 Å². The van der Waals surface area contributed by atoms with Crippen molar-refractivity contribution in [1.82, 2.24) is 0 Å². The van der Waals surface area contributed by atoms with Crippen LogP contribution in [0.1, 0.15) is 0 Å². The topological polar surface area (TPSA) is 44.8 Å². The third kappa shape index (κ3) is 3.82. The lowest BCUT2D eigenvalue weighted by molar-refractivity contribution is 0.130. The molecule has 0 spiro atoms. The summed E-state index contributed by atoms with van der Waals surface area (Å²) in [4.78, 5) is 0. The zero-order valence-electron chi connectivity index (χ0n) is 8.29. The lowest BCUT2D eigenvalue weighted by Gasteiger charge is -2.25. The predicted molar refractivity (Wildman–Crippen MR) is 51.1 cm³/mol. The Kier molecular flexibility index (Phi) is 4.65. The first-order chi connectivity index (χ1) is 5.39. The van der Waals surface area contributed by atoms with Gasteiger partial charge in [0.25, 0.3) is 0 Å². The molecule has 0 aromatic heterocycles. The molecular weight excluding hydrogens is 195 g/mol. The van der Waals surface area contributed by atoms with Crippen LogP contribution in [0, 0.1) is 0 Å². The summed E-state index contributed by atoms with van der Waals surface area (Å²) in [5, 5.41) is 0. The molecular formula is C6H17O4PSi. The van der Waals surface area contributed by atoms with Crippen molar-refractivity contribution in [2.75, 3.05) is 40.4 Å². The average molecular weight is 212 g/mol. The van der Waals surface area contributed by atoms with Crippen LogP contribution in [0.3, 0.4) is 0 Å². The van der Waals surface area contributed by atoms with Crippen LogP contribution in [0.4, 0.5) is 0 Å². The lowest BCUT2D eigenvalue weighted by Crippen LogP contribution is -2.46. The minimum atomic E-state index is -2.62. The number of hydrogen-bond acceptors (Lipinski definition) is 4. The minimum Gasteiger partial charge on any atom is -0.377 e. The summed E-state index contributed by atoms with van der Waals surface area (Å²) in [6.45, 7) is 3.40. The van der Waals surface area contributed by atoms with E-state index in [9.17, 15) is 4.57 Å². The highest BCUT2D eigenvalue weighted by Gasteiger charge is 2.41. The summed E-state index contributed by atoms with van der Waals surface area (Å²) in [6, 6.07) is 0. The van der Waals surface area contributed by atoms with Gasteiger partial charge in [-0.05, 0) is 13.3 Å². The molecule has 6 heteroatoms. The van der Waals surface area contributed by atoms with Gasteiger partial charge in [0, 0.05) is 21.3 Å². The second-order valence-electron chi connectivity index (χ2n) is 3.03. The molecule has 0 aromatic carbocycles. The van der Waals surface area contributed by atoms with Crippen LogP contribution in [-0.2, 0) is 17.8 Å². The van der Waals surface area contributed by atoms with E-state index in [1.165, 1.54) is 21.3 Å². The molecule has 0 saturated carbocycles. The molecule has 0 aliphatic heterocycles. The summed E-state index contributed by atoms with van der Waals surface area (Å²) in [6.07, 6.45) is 0. The molecule has 0 N–H and O–H groups in total. The van der Waals surface area contributed by atoms with Gasteiger partial charge in [-0.25, -0.2) is 0 Å². The largest absolute Gasteiger partial charge is 0.507 e. The zero-order chi connectivity index (χ0) is 9.83. The van der Waals surface area contributed by atoms with E-state index in [-0.39, 0.29) is 0 Å². The van der Waals surface area contributed by atoms with Crippen LogP contribution in [0.25, 0.3) is 0 Å². The van der Waals surface area contributed by atoms with E-state index in [0.29, 0.717) is 5.79 Å². The van der Waals surface area contributed by atoms with Gasteiger partial charge in [0.15, 0.2) is 0 Å². The van der Waals surface area contributed by atoms with Crippen molar-refractivity contribution < 1.29 is 17.8 Å². The summed E-state index contributed by atoms with van der Waals surface area (Å²) in [7, 11) is -0.198. The average Bonchev–Trinajstić information content (AvgIpc) is 1.99. The van der Waals surface area contributed by atoms with E-state index in [0.717, 1.165) is 0 Å². The van der Waals surface area contributed by atoms with E-state index >= 15 is 0 Å². The fourth-order valence-corrected chi connectivity index (χ4v) is 6.69. The monoisotopic (exact) mass is 212 g/mol. The van der Waals surface area contributed by atoms with E-state index in [1.54, 1.807) is 13.3 Å². The Morgan fingerprint density at radius 2 is 1.42 bits per heavy atom. The summed E-state index contributed by atoms with van der Waals surface area (Å²) in [5.74, 6) is 0.392. The molecule has 0 bridgehead atoms. The van der Waals surface area contributed by atoms with Crippen molar-refractivity contribution in [3.63, 3.8) is 0 Å². The molecule has 0 saturated heterocycles. The molecule has 0 radical (unpaired) electrons. The summed E-state index contributed by atoms with van der Waals surface area (Å²) < 4.78 is 26.9. The maximum Gasteiger partial charge on any atom is 0.507 e. The Bertz CT molecular complexity index is 166. The maximum absolute atomic E-state index is 11.5. The number of hydrogen-bond donors (Lipinski definition) is 0. The molecule has 0 aliphatic carbocycles. The smallest absolute Gasteiger partial charge is 0.377 e. The van der Waals surface area contributed by atoms with Crippen molar-refractivity contribution in [3.05, 3.63) is 0 Å². The first-order valence-corrected chi connectivity index (χ1v) is 8.30.